The lowest BCUT2D eigenvalue weighted by molar-refractivity contribution is -0.112. The molecule has 2 aromatic carbocycles. The third-order valence-electron chi connectivity index (χ3n) is 4.74. The molecule has 3 aromatic rings. The molecule has 2 heterocycles. The van der Waals surface area contributed by atoms with Crippen molar-refractivity contribution in [1.82, 2.24) is 4.98 Å². The highest BCUT2D eigenvalue weighted by Gasteiger charge is 2.35. The number of rotatable bonds is 4. The first-order valence-electron chi connectivity index (χ1n) is 9.47. The van der Waals surface area contributed by atoms with Gasteiger partial charge in [-0.05, 0) is 66.6 Å². The third-order valence-corrected chi connectivity index (χ3v) is 4.74. The minimum atomic E-state index is -0.455. The monoisotopic (exact) mass is 398 g/mol. The molecule has 30 heavy (non-hydrogen) atoms. The molecule has 0 unspecified atom stereocenters. The van der Waals surface area contributed by atoms with Gasteiger partial charge in [-0.2, -0.15) is 0 Å². The zero-order valence-corrected chi connectivity index (χ0v) is 16.2. The predicted octanol–water partition coefficient (Wildman–Crippen LogP) is 3.99. The fraction of sp³-hybridized carbons (Fsp3) is 0.0833. The van der Waals surface area contributed by atoms with Gasteiger partial charge in [0.05, 0.1) is 17.9 Å². The van der Waals surface area contributed by atoms with Crippen LogP contribution in [0.3, 0.4) is 0 Å². The van der Waals surface area contributed by atoms with Crippen LogP contribution in [0.1, 0.15) is 38.8 Å². The number of benzene rings is 2. The van der Waals surface area contributed by atoms with Crippen molar-refractivity contribution >= 4 is 35.1 Å². The summed E-state index contributed by atoms with van der Waals surface area (Å²) in [6.07, 6.45) is 5.03. The number of anilines is 1. The molecule has 1 aliphatic rings. The van der Waals surface area contributed by atoms with E-state index in [4.69, 9.17) is 4.74 Å². The van der Waals surface area contributed by atoms with Crippen LogP contribution in [0.4, 0.5) is 5.69 Å². The van der Waals surface area contributed by atoms with Crippen LogP contribution in [0.2, 0.25) is 0 Å². The van der Waals surface area contributed by atoms with Crippen LogP contribution in [-0.2, 0) is 9.53 Å². The van der Waals surface area contributed by atoms with Crippen molar-refractivity contribution in [2.45, 2.75) is 6.92 Å². The van der Waals surface area contributed by atoms with Gasteiger partial charge in [-0.3, -0.25) is 14.6 Å². The van der Waals surface area contributed by atoms with Gasteiger partial charge in [-0.15, -0.1) is 0 Å². The second-order valence-electron chi connectivity index (χ2n) is 6.60. The highest BCUT2D eigenvalue weighted by molar-refractivity contribution is 6.43. The molecule has 2 amide bonds. The first kappa shape index (κ1) is 19.3. The smallest absolute Gasteiger partial charge is 0.338 e. The molecule has 0 saturated carbocycles. The zero-order chi connectivity index (χ0) is 21.1. The maximum absolute atomic E-state index is 13.4. The predicted molar refractivity (Wildman–Crippen MR) is 113 cm³/mol. The fourth-order valence-corrected chi connectivity index (χ4v) is 3.31. The summed E-state index contributed by atoms with van der Waals surface area (Å²) < 4.78 is 4.98. The molecule has 4 rings (SSSR count). The van der Waals surface area contributed by atoms with E-state index in [0.717, 1.165) is 10.5 Å². The summed E-state index contributed by atoms with van der Waals surface area (Å²) in [5, 5.41) is 0. The van der Waals surface area contributed by atoms with Crippen LogP contribution in [0.5, 0.6) is 0 Å². The van der Waals surface area contributed by atoms with E-state index in [0.29, 0.717) is 28.0 Å². The van der Waals surface area contributed by atoms with E-state index < -0.39 is 17.8 Å². The van der Waals surface area contributed by atoms with Gasteiger partial charge in [0.1, 0.15) is 0 Å². The topological polar surface area (TPSA) is 76.6 Å². The Morgan fingerprint density at radius 3 is 2.27 bits per heavy atom. The number of esters is 1. The summed E-state index contributed by atoms with van der Waals surface area (Å²) in [7, 11) is 0. The summed E-state index contributed by atoms with van der Waals surface area (Å²) in [4.78, 5) is 43.5. The third kappa shape index (κ3) is 3.51. The minimum Gasteiger partial charge on any atom is -0.462 e. The van der Waals surface area contributed by atoms with Gasteiger partial charge in [0, 0.05) is 23.5 Å². The van der Waals surface area contributed by atoms with Crippen molar-refractivity contribution in [1.29, 1.82) is 0 Å². The van der Waals surface area contributed by atoms with Crippen molar-refractivity contribution < 1.29 is 19.1 Å². The molecule has 1 aromatic heterocycles. The zero-order valence-electron chi connectivity index (χ0n) is 16.2. The van der Waals surface area contributed by atoms with Crippen LogP contribution in [0.25, 0.3) is 11.6 Å². The second-order valence-corrected chi connectivity index (χ2v) is 6.60. The molecule has 6 nitrogen and oxygen atoms in total. The summed E-state index contributed by atoms with van der Waals surface area (Å²) in [5.41, 5.74) is 2.97. The van der Waals surface area contributed by atoms with Gasteiger partial charge >= 0.3 is 5.97 Å². The van der Waals surface area contributed by atoms with E-state index in [-0.39, 0.29) is 6.61 Å². The lowest BCUT2D eigenvalue weighted by atomic mass is 9.91. The van der Waals surface area contributed by atoms with Crippen LogP contribution in [-0.4, -0.2) is 29.4 Å². The molecule has 0 spiro atoms. The molecule has 0 fully saturated rings. The summed E-state index contributed by atoms with van der Waals surface area (Å²) >= 11 is 0. The molecule has 0 atom stereocenters. The highest BCUT2D eigenvalue weighted by atomic mass is 16.5. The number of hydrogen-bond donors (Lipinski definition) is 0. The van der Waals surface area contributed by atoms with E-state index in [1.807, 2.05) is 0 Å². The average Bonchev–Trinajstić information content (AvgIpc) is 2.78. The molecular weight excluding hydrogens is 380 g/mol. The van der Waals surface area contributed by atoms with Crippen LogP contribution < -0.4 is 4.90 Å². The normalized spacial score (nSPS) is 14.6. The van der Waals surface area contributed by atoms with Crippen molar-refractivity contribution in [3.8, 4) is 0 Å². The molecule has 1 aliphatic heterocycles. The largest absolute Gasteiger partial charge is 0.462 e. The number of carbonyl (C=O) groups excluding carboxylic acids is 3. The molecule has 148 valence electrons. The molecule has 0 radical (unpaired) electrons. The molecule has 6 heteroatoms. The fourth-order valence-electron chi connectivity index (χ4n) is 3.31. The number of nitrogens with zero attached hydrogens (tertiary/aromatic N) is 2. The Balaban J connectivity index is 1.78. The Hall–Kier alpha value is -4.06. The van der Waals surface area contributed by atoms with Gasteiger partial charge in [0.2, 0.25) is 0 Å². The molecule has 0 bridgehead atoms. The number of ether oxygens (including phenoxy) is 1. The van der Waals surface area contributed by atoms with E-state index >= 15 is 0 Å². The molecule has 0 N–H and O–H groups in total. The maximum atomic E-state index is 13.4. The lowest BCUT2D eigenvalue weighted by Gasteiger charge is -2.28. The standard InChI is InChI=1S/C24H18N2O4/c1-2-30-24(29)17-7-9-18(10-8-17)26-22(27)20-6-4-3-5-19(20)21(23(26)28)15-16-11-13-25-14-12-16/h3-15H,2H2,1H3/b21-15-. The average molecular weight is 398 g/mol. The Labute approximate surface area is 173 Å². The van der Waals surface area contributed by atoms with Gasteiger partial charge in [-0.1, -0.05) is 18.2 Å². The van der Waals surface area contributed by atoms with Crippen LogP contribution in [0.15, 0.2) is 73.1 Å². The number of aromatic nitrogens is 1. The number of amides is 2. The Bertz CT molecular complexity index is 1150. The first-order chi connectivity index (χ1) is 14.6. The van der Waals surface area contributed by atoms with Crippen molar-refractivity contribution in [3.63, 3.8) is 0 Å². The first-order valence-corrected chi connectivity index (χ1v) is 9.47. The van der Waals surface area contributed by atoms with E-state index in [9.17, 15) is 14.4 Å². The van der Waals surface area contributed by atoms with Crippen molar-refractivity contribution in [2.24, 2.45) is 0 Å². The molecule has 0 aliphatic carbocycles. The van der Waals surface area contributed by atoms with Crippen LogP contribution in [0, 0.1) is 0 Å². The number of pyridine rings is 1. The maximum Gasteiger partial charge on any atom is 0.338 e. The van der Waals surface area contributed by atoms with Gasteiger partial charge in [0.15, 0.2) is 0 Å². The van der Waals surface area contributed by atoms with Crippen molar-refractivity contribution in [2.75, 3.05) is 11.5 Å². The quantitative estimate of drug-likeness (QED) is 0.377. The Morgan fingerprint density at radius 2 is 1.60 bits per heavy atom. The van der Waals surface area contributed by atoms with Gasteiger partial charge in [0.25, 0.3) is 11.8 Å². The summed E-state index contributed by atoms with van der Waals surface area (Å²) in [5.74, 6) is -1.30. The van der Waals surface area contributed by atoms with Crippen molar-refractivity contribution in [3.05, 3.63) is 95.3 Å². The van der Waals surface area contributed by atoms with E-state index in [1.54, 1.807) is 86.1 Å². The number of carbonyl (C=O) groups is 3. The number of hydrogen-bond acceptors (Lipinski definition) is 5. The summed E-state index contributed by atoms with van der Waals surface area (Å²) in [6, 6.07) is 16.8. The van der Waals surface area contributed by atoms with E-state index in [1.165, 1.54) is 0 Å². The highest BCUT2D eigenvalue weighted by Crippen LogP contribution is 2.33. The second kappa shape index (κ2) is 8.13. The van der Waals surface area contributed by atoms with E-state index in [2.05, 4.69) is 4.98 Å². The van der Waals surface area contributed by atoms with Gasteiger partial charge < -0.3 is 4.74 Å². The van der Waals surface area contributed by atoms with Crippen LogP contribution >= 0.6 is 0 Å². The number of fused-ring (bicyclic) bond motifs is 1. The molecule has 0 saturated heterocycles. The van der Waals surface area contributed by atoms with Gasteiger partial charge in [-0.25, -0.2) is 9.69 Å². The lowest BCUT2D eigenvalue weighted by Crippen LogP contribution is -2.41. The minimum absolute atomic E-state index is 0.267. The Kier molecular flexibility index (Phi) is 5.22. The SMILES string of the molecule is CCOC(=O)c1ccc(N2C(=O)/C(=C\c3ccncc3)c3ccccc3C2=O)cc1. The Morgan fingerprint density at radius 1 is 0.933 bits per heavy atom. The molecular formula is C24H18N2O4. The summed E-state index contributed by atoms with van der Waals surface area (Å²) in [6.45, 7) is 2.00. The number of imide groups is 1.